The maximum absolute atomic E-state index is 12.4. The van der Waals surface area contributed by atoms with E-state index in [0.717, 1.165) is 24.8 Å². The molecule has 1 atom stereocenters. The summed E-state index contributed by atoms with van der Waals surface area (Å²) in [7, 11) is 0. The van der Waals surface area contributed by atoms with Gasteiger partial charge in [-0.05, 0) is 36.0 Å². The molecular formula is C18H19NO. The van der Waals surface area contributed by atoms with E-state index in [1.54, 1.807) is 0 Å². The molecule has 2 heteroatoms. The van der Waals surface area contributed by atoms with E-state index in [4.69, 9.17) is 0 Å². The number of benzene rings is 2. The molecule has 1 aliphatic rings. The topological polar surface area (TPSA) is 29.1 Å². The molecular weight excluding hydrogens is 246 g/mol. The minimum atomic E-state index is 0.0173. The summed E-state index contributed by atoms with van der Waals surface area (Å²) in [5.74, 6) is 0.171. The third-order valence-electron chi connectivity index (χ3n) is 4.00. The van der Waals surface area contributed by atoms with Crippen LogP contribution < -0.4 is 5.32 Å². The molecule has 0 saturated heterocycles. The van der Waals surface area contributed by atoms with Crippen molar-refractivity contribution in [3.63, 3.8) is 0 Å². The van der Waals surface area contributed by atoms with Crippen LogP contribution in [0, 0.1) is 0 Å². The predicted octanol–water partition coefficient (Wildman–Crippen LogP) is 3.42. The van der Waals surface area contributed by atoms with Gasteiger partial charge in [-0.25, -0.2) is 0 Å². The maximum Gasteiger partial charge on any atom is 0.227 e. The quantitative estimate of drug-likeness (QED) is 0.905. The van der Waals surface area contributed by atoms with Crippen LogP contribution in [0.4, 0.5) is 0 Å². The Labute approximate surface area is 119 Å². The van der Waals surface area contributed by atoms with E-state index in [0.29, 0.717) is 6.54 Å². The van der Waals surface area contributed by atoms with E-state index in [1.165, 1.54) is 11.1 Å². The third-order valence-corrected chi connectivity index (χ3v) is 4.00. The van der Waals surface area contributed by atoms with Crippen molar-refractivity contribution in [3.05, 3.63) is 71.3 Å². The normalized spacial score (nSPS) is 17.3. The zero-order valence-corrected chi connectivity index (χ0v) is 11.5. The van der Waals surface area contributed by atoms with Crippen molar-refractivity contribution in [2.75, 3.05) is 0 Å². The first-order chi connectivity index (χ1) is 9.84. The summed E-state index contributed by atoms with van der Waals surface area (Å²) in [5, 5.41) is 3.07. The molecule has 3 rings (SSSR count). The monoisotopic (exact) mass is 265 g/mol. The largest absolute Gasteiger partial charge is 0.351 e. The van der Waals surface area contributed by atoms with Crippen molar-refractivity contribution in [3.8, 4) is 0 Å². The lowest BCUT2D eigenvalue weighted by atomic mass is 9.82. The number of hydrogen-bond acceptors (Lipinski definition) is 1. The van der Waals surface area contributed by atoms with E-state index in [2.05, 4.69) is 23.5 Å². The Bertz CT molecular complexity index is 591. The van der Waals surface area contributed by atoms with Crippen LogP contribution in [0.15, 0.2) is 54.6 Å². The minimum Gasteiger partial charge on any atom is -0.351 e. The molecule has 1 aliphatic carbocycles. The molecule has 1 N–H and O–H groups in total. The number of fused-ring (bicyclic) bond motifs is 1. The van der Waals surface area contributed by atoms with Gasteiger partial charge in [0.05, 0.1) is 5.92 Å². The molecule has 0 saturated carbocycles. The second-order valence-electron chi connectivity index (χ2n) is 5.35. The van der Waals surface area contributed by atoms with Crippen molar-refractivity contribution >= 4 is 5.91 Å². The molecule has 1 unspecified atom stereocenters. The highest BCUT2D eigenvalue weighted by atomic mass is 16.1. The molecule has 20 heavy (non-hydrogen) atoms. The lowest BCUT2D eigenvalue weighted by molar-refractivity contribution is -0.123. The van der Waals surface area contributed by atoms with Crippen LogP contribution in [-0.4, -0.2) is 5.91 Å². The predicted molar refractivity (Wildman–Crippen MR) is 80.4 cm³/mol. The highest BCUT2D eigenvalue weighted by Crippen LogP contribution is 2.31. The molecule has 2 aromatic rings. The highest BCUT2D eigenvalue weighted by Gasteiger charge is 2.25. The van der Waals surface area contributed by atoms with Crippen LogP contribution in [-0.2, 0) is 17.8 Å². The molecule has 0 radical (unpaired) electrons. The van der Waals surface area contributed by atoms with Gasteiger partial charge in [0.25, 0.3) is 0 Å². The van der Waals surface area contributed by atoms with Crippen molar-refractivity contribution in [1.29, 1.82) is 0 Å². The van der Waals surface area contributed by atoms with E-state index in [1.807, 2.05) is 36.4 Å². The van der Waals surface area contributed by atoms with Gasteiger partial charge < -0.3 is 5.32 Å². The molecule has 0 fully saturated rings. The van der Waals surface area contributed by atoms with Crippen LogP contribution in [0.5, 0.6) is 0 Å². The van der Waals surface area contributed by atoms with Crippen molar-refractivity contribution in [1.82, 2.24) is 5.32 Å². The molecule has 0 heterocycles. The number of rotatable bonds is 3. The average Bonchev–Trinajstić information content (AvgIpc) is 2.53. The highest BCUT2D eigenvalue weighted by molar-refractivity contribution is 5.84. The average molecular weight is 265 g/mol. The third kappa shape index (κ3) is 2.74. The Balaban J connectivity index is 1.69. The molecule has 0 spiro atoms. The Morgan fingerprint density at radius 3 is 2.65 bits per heavy atom. The summed E-state index contributed by atoms with van der Waals surface area (Å²) in [6.07, 6.45) is 3.15. The molecule has 0 bridgehead atoms. The van der Waals surface area contributed by atoms with Crippen molar-refractivity contribution in [2.45, 2.75) is 31.7 Å². The zero-order valence-electron chi connectivity index (χ0n) is 11.5. The number of carbonyl (C=O) groups is 1. The Kier molecular flexibility index (Phi) is 3.82. The minimum absolute atomic E-state index is 0.0173. The summed E-state index contributed by atoms with van der Waals surface area (Å²) in [6.45, 7) is 0.609. The maximum atomic E-state index is 12.4. The van der Waals surface area contributed by atoms with Crippen molar-refractivity contribution < 1.29 is 4.79 Å². The van der Waals surface area contributed by atoms with Gasteiger partial charge in [-0.3, -0.25) is 4.79 Å². The standard InChI is InChI=1S/C18H19NO/c20-18(19-13-14-7-2-1-3-8-14)17-12-6-10-15-9-4-5-11-16(15)17/h1-5,7-9,11,17H,6,10,12-13H2,(H,19,20). The van der Waals surface area contributed by atoms with Crippen LogP contribution in [0.1, 0.15) is 35.4 Å². The van der Waals surface area contributed by atoms with Gasteiger partial charge in [-0.15, -0.1) is 0 Å². The first-order valence-electron chi connectivity index (χ1n) is 7.24. The molecule has 0 aromatic heterocycles. The first-order valence-corrected chi connectivity index (χ1v) is 7.24. The second-order valence-corrected chi connectivity index (χ2v) is 5.35. The van der Waals surface area contributed by atoms with Crippen molar-refractivity contribution in [2.24, 2.45) is 0 Å². The summed E-state index contributed by atoms with van der Waals surface area (Å²) in [5.41, 5.74) is 3.69. The smallest absolute Gasteiger partial charge is 0.227 e. The number of hydrogen-bond donors (Lipinski definition) is 1. The Morgan fingerprint density at radius 2 is 1.80 bits per heavy atom. The number of aryl methyl sites for hydroxylation is 1. The Morgan fingerprint density at radius 1 is 1.05 bits per heavy atom. The zero-order chi connectivity index (χ0) is 13.8. The van der Waals surface area contributed by atoms with Crippen LogP contribution in [0.3, 0.4) is 0 Å². The number of nitrogens with one attached hydrogen (secondary N) is 1. The number of carbonyl (C=O) groups excluding carboxylic acids is 1. The molecule has 1 amide bonds. The summed E-state index contributed by atoms with van der Waals surface area (Å²) < 4.78 is 0. The van der Waals surface area contributed by atoms with Gasteiger partial charge in [0.2, 0.25) is 5.91 Å². The van der Waals surface area contributed by atoms with Crippen LogP contribution in [0.25, 0.3) is 0 Å². The van der Waals surface area contributed by atoms with Crippen LogP contribution >= 0.6 is 0 Å². The molecule has 0 aliphatic heterocycles. The molecule has 2 aromatic carbocycles. The summed E-state index contributed by atoms with van der Waals surface area (Å²) in [4.78, 5) is 12.4. The SMILES string of the molecule is O=C(NCc1ccccc1)C1CCCc2ccccc21. The summed E-state index contributed by atoms with van der Waals surface area (Å²) in [6, 6.07) is 18.4. The number of amides is 1. The second kappa shape index (κ2) is 5.91. The van der Waals surface area contributed by atoms with Gasteiger partial charge in [0, 0.05) is 6.54 Å². The molecule has 2 nitrogen and oxygen atoms in total. The van der Waals surface area contributed by atoms with Gasteiger partial charge in [0.15, 0.2) is 0 Å². The summed E-state index contributed by atoms with van der Waals surface area (Å²) >= 11 is 0. The lowest BCUT2D eigenvalue weighted by Gasteiger charge is -2.24. The first kappa shape index (κ1) is 12.9. The van der Waals surface area contributed by atoms with E-state index >= 15 is 0 Å². The van der Waals surface area contributed by atoms with Gasteiger partial charge >= 0.3 is 0 Å². The van der Waals surface area contributed by atoms with Crippen LogP contribution in [0.2, 0.25) is 0 Å². The Hall–Kier alpha value is -2.09. The van der Waals surface area contributed by atoms with E-state index in [-0.39, 0.29) is 11.8 Å². The fourth-order valence-electron chi connectivity index (χ4n) is 2.93. The fraction of sp³-hybridized carbons (Fsp3) is 0.278. The van der Waals surface area contributed by atoms with E-state index < -0.39 is 0 Å². The van der Waals surface area contributed by atoms with Gasteiger partial charge in [-0.1, -0.05) is 54.6 Å². The van der Waals surface area contributed by atoms with Gasteiger partial charge in [0.1, 0.15) is 0 Å². The van der Waals surface area contributed by atoms with E-state index in [9.17, 15) is 4.79 Å². The fourth-order valence-corrected chi connectivity index (χ4v) is 2.93. The van der Waals surface area contributed by atoms with Gasteiger partial charge in [-0.2, -0.15) is 0 Å². The lowest BCUT2D eigenvalue weighted by Crippen LogP contribution is -2.31. The molecule has 102 valence electrons.